The van der Waals surface area contributed by atoms with Crippen LogP contribution in [0.15, 0.2) is 59.7 Å². The Morgan fingerprint density at radius 1 is 1.00 bits per heavy atom. The highest BCUT2D eigenvalue weighted by Crippen LogP contribution is 2.11. The average Bonchev–Trinajstić information content (AvgIpc) is 2.46. The van der Waals surface area contributed by atoms with Crippen LogP contribution in [0.5, 0.6) is 0 Å². The van der Waals surface area contributed by atoms with E-state index in [1.54, 1.807) is 0 Å². The Bertz CT molecular complexity index is 500. The van der Waals surface area contributed by atoms with E-state index < -0.39 is 0 Å². The molecule has 0 amide bonds. The lowest BCUT2D eigenvalue weighted by Gasteiger charge is -2.12. The second kappa shape index (κ2) is 6.01. The fraction of sp³-hybridized carbons (Fsp3) is 0.188. The largest absolute Gasteiger partial charge is 0.269 e. The van der Waals surface area contributed by atoms with E-state index in [1.807, 2.05) is 48.6 Å². The fourth-order valence-electron chi connectivity index (χ4n) is 1.70. The summed E-state index contributed by atoms with van der Waals surface area (Å²) in [5.74, 6) is 0. The minimum absolute atomic E-state index is 1.07. The summed E-state index contributed by atoms with van der Waals surface area (Å²) in [6, 6.07) is 18.6. The minimum atomic E-state index is 1.07. The van der Waals surface area contributed by atoms with E-state index in [9.17, 15) is 0 Å². The standard InChI is InChI=1S/C16H18N2/c1-3-14-9-11-15(12-10-14)13-17-18(2)16-7-5-4-6-8-16/h4-13H,3H2,1-2H3. The van der Waals surface area contributed by atoms with E-state index in [-0.39, 0.29) is 0 Å². The van der Waals surface area contributed by atoms with Crippen molar-refractivity contribution in [1.82, 2.24) is 0 Å². The number of para-hydroxylation sites is 1. The topological polar surface area (TPSA) is 15.6 Å². The van der Waals surface area contributed by atoms with Crippen LogP contribution in [0.3, 0.4) is 0 Å². The van der Waals surface area contributed by atoms with Gasteiger partial charge in [0.25, 0.3) is 0 Å². The minimum Gasteiger partial charge on any atom is -0.269 e. The van der Waals surface area contributed by atoms with Gasteiger partial charge in [-0.25, -0.2) is 0 Å². The van der Waals surface area contributed by atoms with Gasteiger partial charge in [-0.3, -0.25) is 5.01 Å². The molecule has 0 bridgehead atoms. The Labute approximate surface area is 109 Å². The fourth-order valence-corrected chi connectivity index (χ4v) is 1.70. The molecule has 0 unspecified atom stereocenters. The molecular weight excluding hydrogens is 220 g/mol. The van der Waals surface area contributed by atoms with E-state index in [0.29, 0.717) is 0 Å². The maximum atomic E-state index is 4.43. The molecule has 18 heavy (non-hydrogen) atoms. The maximum Gasteiger partial charge on any atom is 0.0590 e. The van der Waals surface area contributed by atoms with Crippen LogP contribution in [-0.4, -0.2) is 13.3 Å². The normalized spacial score (nSPS) is 10.8. The Balaban J connectivity index is 2.06. The summed E-state index contributed by atoms with van der Waals surface area (Å²) < 4.78 is 0. The first-order valence-electron chi connectivity index (χ1n) is 6.21. The predicted molar refractivity (Wildman–Crippen MR) is 78.3 cm³/mol. The van der Waals surface area contributed by atoms with Crippen molar-refractivity contribution in [3.05, 3.63) is 65.7 Å². The van der Waals surface area contributed by atoms with Crippen molar-refractivity contribution in [3.63, 3.8) is 0 Å². The van der Waals surface area contributed by atoms with Gasteiger partial charge in [0.05, 0.1) is 11.9 Å². The monoisotopic (exact) mass is 238 g/mol. The van der Waals surface area contributed by atoms with Crippen molar-refractivity contribution >= 4 is 11.9 Å². The molecule has 0 aliphatic carbocycles. The molecule has 0 aliphatic rings. The van der Waals surface area contributed by atoms with Crippen LogP contribution in [0, 0.1) is 0 Å². The average molecular weight is 238 g/mol. The van der Waals surface area contributed by atoms with Crippen LogP contribution >= 0.6 is 0 Å². The summed E-state index contributed by atoms with van der Waals surface area (Å²) in [5, 5.41) is 6.30. The number of rotatable bonds is 4. The first-order valence-corrected chi connectivity index (χ1v) is 6.21. The Morgan fingerprint density at radius 3 is 2.28 bits per heavy atom. The van der Waals surface area contributed by atoms with Gasteiger partial charge in [-0.1, -0.05) is 49.4 Å². The van der Waals surface area contributed by atoms with Gasteiger partial charge in [0.15, 0.2) is 0 Å². The highest BCUT2D eigenvalue weighted by Gasteiger charge is 1.95. The summed E-state index contributed by atoms with van der Waals surface area (Å²) in [6.07, 6.45) is 2.95. The predicted octanol–water partition coefficient (Wildman–Crippen LogP) is 3.72. The van der Waals surface area contributed by atoms with Gasteiger partial charge in [-0.2, -0.15) is 5.10 Å². The molecule has 0 spiro atoms. The summed E-state index contributed by atoms with van der Waals surface area (Å²) in [6.45, 7) is 2.16. The van der Waals surface area contributed by atoms with Crippen molar-refractivity contribution in [2.75, 3.05) is 12.1 Å². The summed E-state index contributed by atoms with van der Waals surface area (Å²) in [5.41, 5.74) is 3.55. The molecule has 0 radical (unpaired) electrons. The number of hydrazone groups is 1. The van der Waals surface area contributed by atoms with Crippen LogP contribution in [0.2, 0.25) is 0 Å². The van der Waals surface area contributed by atoms with Gasteiger partial charge in [-0.05, 0) is 29.7 Å². The quantitative estimate of drug-likeness (QED) is 0.585. The Kier molecular flexibility index (Phi) is 4.13. The molecular formula is C16H18N2. The molecule has 2 aromatic rings. The number of anilines is 1. The van der Waals surface area contributed by atoms with Crippen LogP contribution in [0.25, 0.3) is 0 Å². The second-order valence-corrected chi connectivity index (χ2v) is 4.20. The number of aryl methyl sites for hydroxylation is 1. The molecule has 0 aliphatic heterocycles. The van der Waals surface area contributed by atoms with Crippen LogP contribution in [0.1, 0.15) is 18.1 Å². The third kappa shape index (κ3) is 3.20. The van der Waals surface area contributed by atoms with Gasteiger partial charge < -0.3 is 0 Å². The molecule has 0 fully saturated rings. The number of benzene rings is 2. The van der Waals surface area contributed by atoms with Crippen molar-refractivity contribution in [3.8, 4) is 0 Å². The maximum absolute atomic E-state index is 4.43. The molecule has 0 aromatic heterocycles. The Morgan fingerprint density at radius 2 is 1.67 bits per heavy atom. The first-order chi connectivity index (χ1) is 8.79. The lowest BCUT2D eigenvalue weighted by atomic mass is 10.1. The SMILES string of the molecule is CCc1ccc(C=NN(C)c2ccccc2)cc1. The van der Waals surface area contributed by atoms with Crippen molar-refractivity contribution in [2.24, 2.45) is 5.10 Å². The van der Waals surface area contributed by atoms with Crippen LogP contribution in [0.4, 0.5) is 5.69 Å². The van der Waals surface area contributed by atoms with E-state index >= 15 is 0 Å². The van der Waals surface area contributed by atoms with E-state index in [4.69, 9.17) is 0 Å². The molecule has 2 nitrogen and oxygen atoms in total. The smallest absolute Gasteiger partial charge is 0.0590 e. The lowest BCUT2D eigenvalue weighted by molar-refractivity contribution is 1.02. The molecule has 2 rings (SSSR count). The van der Waals surface area contributed by atoms with Gasteiger partial charge in [0.2, 0.25) is 0 Å². The zero-order chi connectivity index (χ0) is 12.8. The van der Waals surface area contributed by atoms with Crippen LogP contribution in [-0.2, 0) is 6.42 Å². The number of hydrogen-bond acceptors (Lipinski definition) is 2. The van der Waals surface area contributed by atoms with E-state index in [0.717, 1.165) is 17.7 Å². The third-order valence-electron chi connectivity index (χ3n) is 2.90. The van der Waals surface area contributed by atoms with Gasteiger partial charge in [-0.15, -0.1) is 0 Å². The number of hydrogen-bond donors (Lipinski definition) is 0. The highest BCUT2D eigenvalue weighted by atomic mass is 15.4. The molecule has 2 heteroatoms. The highest BCUT2D eigenvalue weighted by molar-refractivity contribution is 5.80. The zero-order valence-electron chi connectivity index (χ0n) is 10.9. The van der Waals surface area contributed by atoms with Crippen molar-refractivity contribution in [2.45, 2.75) is 13.3 Å². The molecule has 92 valence electrons. The molecule has 2 aromatic carbocycles. The van der Waals surface area contributed by atoms with Gasteiger partial charge >= 0.3 is 0 Å². The summed E-state index contributed by atoms with van der Waals surface area (Å²) in [7, 11) is 1.95. The van der Waals surface area contributed by atoms with E-state index in [2.05, 4.69) is 36.3 Å². The Hall–Kier alpha value is -2.09. The lowest BCUT2D eigenvalue weighted by Crippen LogP contribution is -2.08. The molecule has 0 heterocycles. The van der Waals surface area contributed by atoms with Gasteiger partial charge in [0, 0.05) is 7.05 Å². The summed E-state index contributed by atoms with van der Waals surface area (Å²) in [4.78, 5) is 0. The van der Waals surface area contributed by atoms with E-state index in [1.165, 1.54) is 5.56 Å². The van der Waals surface area contributed by atoms with Crippen molar-refractivity contribution < 1.29 is 0 Å². The molecule has 0 saturated carbocycles. The second-order valence-electron chi connectivity index (χ2n) is 4.20. The third-order valence-corrected chi connectivity index (χ3v) is 2.90. The van der Waals surface area contributed by atoms with Crippen LogP contribution < -0.4 is 5.01 Å². The van der Waals surface area contributed by atoms with Crippen molar-refractivity contribution in [1.29, 1.82) is 0 Å². The zero-order valence-corrected chi connectivity index (χ0v) is 10.9. The molecule has 0 N–H and O–H groups in total. The first kappa shape index (κ1) is 12.4. The summed E-state index contributed by atoms with van der Waals surface area (Å²) >= 11 is 0. The molecule has 0 saturated heterocycles. The van der Waals surface area contributed by atoms with Gasteiger partial charge in [0.1, 0.15) is 0 Å². The number of nitrogens with zero attached hydrogens (tertiary/aromatic N) is 2. The molecule has 0 atom stereocenters.